The molecule has 6 N–H and O–H groups in total. The predicted molar refractivity (Wildman–Crippen MR) is 250 cm³/mol. The Labute approximate surface area is 367 Å². The van der Waals surface area contributed by atoms with Crippen molar-refractivity contribution in [1.82, 2.24) is 19.9 Å². The smallest absolute Gasteiger partial charge is 0.311 e. The van der Waals surface area contributed by atoms with E-state index < -0.39 is 24.1 Å². The summed E-state index contributed by atoms with van der Waals surface area (Å²) in [6.45, 7) is 15.5. The van der Waals surface area contributed by atoms with E-state index in [0.29, 0.717) is 51.5 Å². The zero-order chi connectivity index (χ0) is 45.3. The van der Waals surface area contributed by atoms with E-state index >= 15 is 0 Å². The molecule has 0 saturated carbocycles. The zero-order valence-corrected chi connectivity index (χ0v) is 37.2. The molecule has 0 saturated heterocycles. The summed E-state index contributed by atoms with van der Waals surface area (Å²) in [6.07, 6.45) is 0.568. The lowest BCUT2D eigenvalue weighted by Crippen LogP contribution is -2.08. The number of phenols is 1. The minimum Gasteiger partial charge on any atom is -0.508 e. The molecule has 8 bridgehead atoms. The van der Waals surface area contributed by atoms with E-state index in [-0.39, 0.29) is 25.0 Å². The second-order valence-electron chi connectivity index (χ2n) is 16.5. The number of phenolic OH excluding ortho intramolecular Hbond substituents is 1. The van der Waals surface area contributed by atoms with Crippen molar-refractivity contribution in [3.8, 4) is 11.5 Å². The summed E-state index contributed by atoms with van der Waals surface area (Å²) in [5, 5.41) is 41.5. The summed E-state index contributed by atoms with van der Waals surface area (Å²) in [5.41, 5.74) is 16.3. The molecule has 7 rings (SSSR count). The van der Waals surface area contributed by atoms with Gasteiger partial charge in [-0.15, -0.1) is 0 Å². The Morgan fingerprint density at radius 2 is 1.06 bits per heavy atom. The normalized spacial score (nSPS) is 14.2. The molecule has 11 nitrogen and oxygen atoms in total. The molecule has 11 heteroatoms. The largest absolute Gasteiger partial charge is 0.508 e. The van der Waals surface area contributed by atoms with Crippen molar-refractivity contribution in [1.29, 1.82) is 0 Å². The molecule has 2 aliphatic rings. The highest BCUT2D eigenvalue weighted by Gasteiger charge is 2.24. The maximum atomic E-state index is 13.6. The number of carbonyl (C=O) groups is 2. The third-order valence-electron chi connectivity index (χ3n) is 12.4. The lowest BCUT2D eigenvalue weighted by molar-refractivity contribution is -0.137. The van der Waals surface area contributed by atoms with E-state index in [1.54, 1.807) is 26.0 Å². The second kappa shape index (κ2) is 18.4. The van der Waals surface area contributed by atoms with Crippen LogP contribution >= 0.6 is 0 Å². The highest BCUT2D eigenvalue weighted by Crippen LogP contribution is 2.39. The first-order valence-corrected chi connectivity index (χ1v) is 21.6. The van der Waals surface area contributed by atoms with Gasteiger partial charge in [0.25, 0.3) is 0 Å². The number of benzene rings is 2. The number of fused-ring (bicyclic) bond motifs is 8. The Bertz CT molecular complexity index is 2870. The number of carboxylic acids is 1. The van der Waals surface area contributed by atoms with Gasteiger partial charge in [0.1, 0.15) is 11.5 Å². The Balaban J connectivity index is 1.29. The van der Waals surface area contributed by atoms with Gasteiger partial charge in [0, 0.05) is 39.6 Å². The fraction of sp³-hybridized carbons (Fsp3) is 0.308. The molecular weight excluding hydrogens is 793 g/mol. The molecule has 3 aromatic heterocycles. The van der Waals surface area contributed by atoms with Gasteiger partial charge in [-0.25, -0.2) is 9.97 Å². The standard InChI is InChI=1S/C52H56N4O7/c1-9-37(33-11-15-35(59)16-12-33)38(10-2)34-13-17-36(18-14-34)63-50(62)22-20-40-28(4)42-24-47-52(32(8)58)30(6)44(56-47)25-48-51(31(7)57)29(5)43(55-48)23-41-27(3)39(19-21-49(60)61)45(53-41)26-46(40)54-42/h11-18,23-26,31-32,55-59H,9-10,19-22H2,1-8H3,(H,60,61). The number of aliphatic hydroxyl groups is 2. The van der Waals surface area contributed by atoms with Crippen molar-refractivity contribution in [3.63, 3.8) is 0 Å². The van der Waals surface area contributed by atoms with Crippen LogP contribution in [-0.4, -0.2) is 52.3 Å². The van der Waals surface area contributed by atoms with E-state index in [4.69, 9.17) is 14.7 Å². The van der Waals surface area contributed by atoms with Crippen LogP contribution < -0.4 is 4.74 Å². The lowest BCUT2D eigenvalue weighted by Gasteiger charge is -2.15. The fourth-order valence-electron chi connectivity index (χ4n) is 9.07. The van der Waals surface area contributed by atoms with Crippen LogP contribution in [0, 0.1) is 13.8 Å². The number of aromatic nitrogens is 4. The molecule has 0 radical (unpaired) electrons. The molecule has 0 fully saturated rings. The molecule has 2 aromatic carbocycles. The number of aliphatic carboxylic acids is 1. The first-order valence-electron chi connectivity index (χ1n) is 21.6. The molecule has 5 heterocycles. The fourth-order valence-corrected chi connectivity index (χ4v) is 9.07. The molecule has 2 aliphatic heterocycles. The van der Waals surface area contributed by atoms with Crippen LogP contribution in [-0.2, 0) is 9.59 Å². The third kappa shape index (κ3) is 9.16. The number of allylic oxidation sites excluding steroid dienone is 6. The number of aryl methyl sites for hydroxylation is 2. The number of nitrogens with zero attached hydrogens (tertiary/aromatic N) is 2. The average Bonchev–Trinajstić information content (AvgIpc) is 3.91. The highest BCUT2D eigenvalue weighted by atomic mass is 16.5. The number of ether oxygens (including phenoxy) is 1. The van der Waals surface area contributed by atoms with Crippen molar-refractivity contribution in [2.24, 2.45) is 0 Å². The Morgan fingerprint density at radius 3 is 1.54 bits per heavy atom. The quantitative estimate of drug-likeness (QED) is 0.0381. The van der Waals surface area contributed by atoms with Gasteiger partial charge in [-0.05, 0) is 171 Å². The van der Waals surface area contributed by atoms with E-state index in [9.17, 15) is 30.0 Å². The highest BCUT2D eigenvalue weighted by molar-refractivity contribution is 5.97. The van der Waals surface area contributed by atoms with Crippen LogP contribution in [0.5, 0.6) is 11.5 Å². The number of aliphatic hydroxyl groups excluding tert-OH is 2. The maximum Gasteiger partial charge on any atom is 0.311 e. The van der Waals surface area contributed by atoms with Crippen LogP contribution in [0.1, 0.15) is 148 Å². The number of hydrogen-bond donors (Lipinski definition) is 6. The number of carboxylic acid groups (broad SMARTS) is 1. The van der Waals surface area contributed by atoms with Gasteiger partial charge in [-0.1, -0.05) is 38.1 Å². The molecular formula is C52H56N4O7. The molecule has 0 spiro atoms. The van der Waals surface area contributed by atoms with Crippen LogP contribution in [0.3, 0.4) is 0 Å². The minimum absolute atomic E-state index is 0.0628. The predicted octanol–water partition coefficient (Wildman–Crippen LogP) is 11.6. The van der Waals surface area contributed by atoms with Crippen LogP contribution in [0.15, 0.2) is 72.8 Å². The van der Waals surface area contributed by atoms with E-state index in [0.717, 1.165) is 74.0 Å². The minimum atomic E-state index is -0.920. The lowest BCUT2D eigenvalue weighted by atomic mass is 9.91. The van der Waals surface area contributed by atoms with Crippen molar-refractivity contribution in [3.05, 3.63) is 129 Å². The number of nitrogens with one attached hydrogen (secondary N) is 2. The molecule has 0 amide bonds. The van der Waals surface area contributed by atoms with Crippen molar-refractivity contribution < 1.29 is 34.8 Å². The number of hydrogen-bond acceptors (Lipinski definition) is 8. The zero-order valence-electron chi connectivity index (χ0n) is 37.2. The molecule has 63 heavy (non-hydrogen) atoms. The Kier molecular flexibility index (Phi) is 13.0. The van der Waals surface area contributed by atoms with Crippen LogP contribution in [0.4, 0.5) is 0 Å². The molecule has 2 atom stereocenters. The summed E-state index contributed by atoms with van der Waals surface area (Å²) in [7, 11) is 0. The number of carbonyl (C=O) groups excluding carboxylic acids is 1. The molecule has 326 valence electrons. The van der Waals surface area contributed by atoms with Gasteiger partial charge < -0.3 is 35.1 Å². The Hall–Kier alpha value is -6.56. The van der Waals surface area contributed by atoms with Gasteiger partial charge >= 0.3 is 11.9 Å². The molecule has 2 unspecified atom stereocenters. The number of esters is 1. The third-order valence-corrected chi connectivity index (χ3v) is 12.4. The SMILES string of the molecule is CCC(=C(CC)c1ccc(OC(=O)CCC2=C(C)c3cc4[nH]c(cc5[nH]c(cc6nc(cc2n3)C(CCC(=O)O)=C6C)c(C)c5C(C)O)c(C)c4C(C)O)cc1)c1ccc(O)cc1. The van der Waals surface area contributed by atoms with Crippen molar-refractivity contribution >= 4 is 67.4 Å². The van der Waals surface area contributed by atoms with E-state index in [1.807, 2.05) is 88.4 Å². The summed E-state index contributed by atoms with van der Waals surface area (Å²) in [4.78, 5) is 42.6. The van der Waals surface area contributed by atoms with Gasteiger partial charge in [-0.3, -0.25) is 9.59 Å². The first-order chi connectivity index (χ1) is 30.1. The van der Waals surface area contributed by atoms with Gasteiger partial charge in [-0.2, -0.15) is 0 Å². The van der Waals surface area contributed by atoms with Gasteiger partial charge in [0.05, 0.1) is 41.4 Å². The number of aromatic amines is 2. The van der Waals surface area contributed by atoms with E-state index in [2.05, 4.69) is 23.8 Å². The van der Waals surface area contributed by atoms with Crippen LogP contribution in [0.25, 0.3) is 55.5 Å². The Morgan fingerprint density at radius 1 is 0.619 bits per heavy atom. The number of rotatable bonds is 13. The van der Waals surface area contributed by atoms with Crippen molar-refractivity contribution in [2.75, 3.05) is 0 Å². The summed E-state index contributed by atoms with van der Waals surface area (Å²) >= 11 is 0. The summed E-state index contributed by atoms with van der Waals surface area (Å²) in [6, 6.07) is 22.5. The summed E-state index contributed by atoms with van der Waals surface area (Å²) in [5.74, 6) is -0.665. The molecule has 0 aliphatic carbocycles. The molecule has 5 aromatic rings. The van der Waals surface area contributed by atoms with Crippen LogP contribution in [0.2, 0.25) is 0 Å². The second-order valence-corrected chi connectivity index (χ2v) is 16.5. The van der Waals surface area contributed by atoms with Gasteiger partial charge in [0.15, 0.2) is 0 Å². The maximum absolute atomic E-state index is 13.6. The first kappa shape index (κ1) is 44.5. The topological polar surface area (TPSA) is 182 Å². The van der Waals surface area contributed by atoms with E-state index in [1.165, 1.54) is 11.1 Å². The van der Waals surface area contributed by atoms with Crippen molar-refractivity contribution in [2.45, 2.75) is 106 Å². The van der Waals surface area contributed by atoms with Gasteiger partial charge in [0.2, 0.25) is 0 Å². The number of aromatic hydroxyl groups is 1. The average molecular weight is 849 g/mol. The summed E-state index contributed by atoms with van der Waals surface area (Å²) < 4.78 is 5.88. The number of H-pyrrole nitrogens is 2. The monoisotopic (exact) mass is 848 g/mol.